The zero-order valence-corrected chi connectivity index (χ0v) is 10.1. The van der Waals surface area contributed by atoms with Crippen molar-refractivity contribution in [3.8, 4) is 0 Å². The summed E-state index contributed by atoms with van der Waals surface area (Å²) in [5, 5.41) is 3.27. The van der Waals surface area contributed by atoms with E-state index in [9.17, 15) is 13.2 Å². The van der Waals surface area contributed by atoms with E-state index in [0.717, 1.165) is 37.1 Å². The predicted molar refractivity (Wildman–Crippen MR) is 62.9 cm³/mol. The summed E-state index contributed by atoms with van der Waals surface area (Å²) in [4.78, 5) is 0. The Bertz CT molecular complexity index is 330. The van der Waals surface area contributed by atoms with Crippen molar-refractivity contribution in [2.24, 2.45) is 0 Å². The number of rotatable bonds is 5. The fourth-order valence-corrected chi connectivity index (χ4v) is 1.69. The predicted octanol–water partition coefficient (Wildman–Crippen LogP) is 3.64. The maximum absolute atomic E-state index is 12.3. The molecule has 0 aliphatic heterocycles. The highest BCUT2D eigenvalue weighted by atomic mass is 19.4. The fourth-order valence-electron chi connectivity index (χ4n) is 1.69. The Hall–Kier alpha value is -1.03. The van der Waals surface area contributed by atoms with Gasteiger partial charge in [-0.25, -0.2) is 0 Å². The Morgan fingerprint density at radius 2 is 1.76 bits per heavy atom. The number of hydrogen-bond acceptors (Lipinski definition) is 1. The monoisotopic (exact) mass is 245 g/mol. The molecule has 1 aromatic rings. The molecule has 0 fully saturated rings. The molecule has 96 valence electrons. The van der Waals surface area contributed by atoms with Crippen molar-refractivity contribution in [3.63, 3.8) is 0 Å². The van der Waals surface area contributed by atoms with Crippen LogP contribution in [0, 0.1) is 0 Å². The third kappa shape index (κ3) is 4.77. The molecule has 0 saturated heterocycles. The second-order valence-corrected chi connectivity index (χ2v) is 4.19. The molecular weight excluding hydrogens is 227 g/mol. The average molecular weight is 245 g/mol. The minimum Gasteiger partial charge on any atom is -0.315 e. The Kier molecular flexibility index (Phi) is 5.00. The highest BCUT2D eigenvalue weighted by Crippen LogP contribution is 2.29. The summed E-state index contributed by atoms with van der Waals surface area (Å²) < 4.78 is 37.0. The minimum atomic E-state index is -4.24. The highest BCUT2D eigenvalue weighted by Gasteiger charge is 2.29. The Morgan fingerprint density at radius 1 is 1.18 bits per heavy atom. The number of alkyl halides is 3. The molecule has 1 N–H and O–H groups in total. The van der Waals surface area contributed by atoms with Crippen molar-refractivity contribution in [1.29, 1.82) is 0 Å². The van der Waals surface area contributed by atoms with Gasteiger partial charge in [0.05, 0.1) is 5.56 Å². The van der Waals surface area contributed by atoms with Crippen molar-refractivity contribution in [2.75, 3.05) is 6.54 Å². The zero-order valence-electron chi connectivity index (χ0n) is 10.1. The first kappa shape index (κ1) is 14.0. The molecule has 17 heavy (non-hydrogen) atoms. The molecular formula is C13H18F3N. The second kappa shape index (κ2) is 6.05. The number of halogens is 3. The van der Waals surface area contributed by atoms with Crippen molar-refractivity contribution in [3.05, 3.63) is 35.4 Å². The lowest BCUT2D eigenvalue weighted by Gasteiger charge is -2.12. The van der Waals surface area contributed by atoms with E-state index in [2.05, 4.69) is 12.2 Å². The van der Waals surface area contributed by atoms with Crippen LogP contribution in [0.25, 0.3) is 0 Å². The van der Waals surface area contributed by atoms with E-state index in [1.807, 2.05) is 6.92 Å². The maximum Gasteiger partial charge on any atom is 0.416 e. The molecule has 0 aliphatic rings. The third-order valence-electron chi connectivity index (χ3n) is 2.70. The molecule has 1 aromatic carbocycles. The van der Waals surface area contributed by atoms with Gasteiger partial charge in [-0.15, -0.1) is 0 Å². The zero-order chi connectivity index (χ0) is 12.9. The molecule has 0 saturated carbocycles. The number of benzene rings is 1. The smallest absolute Gasteiger partial charge is 0.315 e. The molecule has 0 radical (unpaired) electrons. The summed E-state index contributed by atoms with van der Waals surface area (Å²) in [5.41, 5.74) is 0.365. The van der Waals surface area contributed by atoms with Crippen LogP contribution in [0.5, 0.6) is 0 Å². The summed E-state index contributed by atoms with van der Waals surface area (Å²) in [6.45, 7) is 5.02. The fraction of sp³-hybridized carbons (Fsp3) is 0.538. The molecule has 0 heterocycles. The van der Waals surface area contributed by atoms with Crippen LogP contribution in [-0.2, 0) is 12.6 Å². The van der Waals surface area contributed by atoms with Gasteiger partial charge in [0.15, 0.2) is 0 Å². The molecule has 0 bridgehead atoms. The number of aryl methyl sites for hydroxylation is 1. The van der Waals surface area contributed by atoms with Crippen LogP contribution in [0.4, 0.5) is 13.2 Å². The first-order valence-electron chi connectivity index (χ1n) is 5.83. The summed E-state index contributed by atoms with van der Waals surface area (Å²) >= 11 is 0. The van der Waals surface area contributed by atoms with Gasteiger partial charge in [0.25, 0.3) is 0 Å². The summed E-state index contributed by atoms with van der Waals surface area (Å²) in [6.07, 6.45) is -2.51. The number of nitrogens with one attached hydrogen (secondary N) is 1. The highest BCUT2D eigenvalue weighted by molar-refractivity contribution is 5.24. The summed E-state index contributed by atoms with van der Waals surface area (Å²) in [5.74, 6) is 0. The van der Waals surface area contributed by atoms with Gasteiger partial charge in [-0.3, -0.25) is 0 Å². The lowest BCUT2D eigenvalue weighted by Crippen LogP contribution is -2.25. The van der Waals surface area contributed by atoms with Gasteiger partial charge in [0.2, 0.25) is 0 Å². The van der Waals surface area contributed by atoms with Gasteiger partial charge in [0.1, 0.15) is 0 Å². The SMILES string of the molecule is CCNC(C)CCc1ccc(C(F)(F)F)cc1. The van der Waals surface area contributed by atoms with Gasteiger partial charge in [0, 0.05) is 6.04 Å². The Morgan fingerprint density at radius 3 is 2.24 bits per heavy atom. The van der Waals surface area contributed by atoms with Crippen LogP contribution in [0.3, 0.4) is 0 Å². The lowest BCUT2D eigenvalue weighted by molar-refractivity contribution is -0.137. The molecule has 0 amide bonds. The maximum atomic E-state index is 12.3. The molecule has 4 heteroatoms. The van der Waals surface area contributed by atoms with E-state index in [1.54, 1.807) is 12.1 Å². The van der Waals surface area contributed by atoms with Crippen molar-refractivity contribution >= 4 is 0 Å². The molecule has 1 nitrogen and oxygen atoms in total. The van der Waals surface area contributed by atoms with Crippen molar-refractivity contribution in [1.82, 2.24) is 5.32 Å². The Labute approximate surface area is 100 Å². The van der Waals surface area contributed by atoms with E-state index < -0.39 is 11.7 Å². The van der Waals surface area contributed by atoms with Crippen molar-refractivity contribution in [2.45, 2.75) is 38.9 Å². The van der Waals surface area contributed by atoms with Crippen LogP contribution in [0.1, 0.15) is 31.4 Å². The van der Waals surface area contributed by atoms with E-state index in [-0.39, 0.29) is 0 Å². The van der Waals surface area contributed by atoms with Gasteiger partial charge in [-0.1, -0.05) is 19.1 Å². The average Bonchev–Trinajstić information content (AvgIpc) is 2.26. The van der Waals surface area contributed by atoms with E-state index in [4.69, 9.17) is 0 Å². The largest absolute Gasteiger partial charge is 0.416 e. The van der Waals surface area contributed by atoms with Crippen LogP contribution < -0.4 is 5.32 Å². The normalized spacial score (nSPS) is 13.7. The van der Waals surface area contributed by atoms with E-state index in [1.165, 1.54) is 0 Å². The quantitative estimate of drug-likeness (QED) is 0.835. The molecule has 0 aromatic heterocycles. The van der Waals surface area contributed by atoms with Gasteiger partial charge < -0.3 is 5.32 Å². The Balaban J connectivity index is 2.51. The topological polar surface area (TPSA) is 12.0 Å². The van der Waals surface area contributed by atoms with E-state index >= 15 is 0 Å². The first-order valence-corrected chi connectivity index (χ1v) is 5.83. The lowest BCUT2D eigenvalue weighted by atomic mass is 10.0. The molecule has 1 atom stereocenters. The van der Waals surface area contributed by atoms with Crippen LogP contribution in [0.15, 0.2) is 24.3 Å². The first-order chi connectivity index (χ1) is 7.93. The van der Waals surface area contributed by atoms with Crippen LogP contribution in [-0.4, -0.2) is 12.6 Å². The number of hydrogen-bond donors (Lipinski definition) is 1. The minimum absolute atomic E-state index is 0.391. The van der Waals surface area contributed by atoms with E-state index in [0.29, 0.717) is 6.04 Å². The van der Waals surface area contributed by atoms with Gasteiger partial charge >= 0.3 is 6.18 Å². The standard InChI is InChI=1S/C13H18F3N/c1-3-17-10(2)4-5-11-6-8-12(9-7-11)13(14,15)16/h6-10,17H,3-5H2,1-2H3. The van der Waals surface area contributed by atoms with Crippen LogP contribution >= 0.6 is 0 Å². The molecule has 0 aliphatic carbocycles. The van der Waals surface area contributed by atoms with Gasteiger partial charge in [-0.05, 0) is 44.0 Å². The third-order valence-corrected chi connectivity index (χ3v) is 2.70. The van der Waals surface area contributed by atoms with Crippen molar-refractivity contribution < 1.29 is 13.2 Å². The molecule has 1 rings (SSSR count). The second-order valence-electron chi connectivity index (χ2n) is 4.19. The molecule has 0 spiro atoms. The van der Waals surface area contributed by atoms with Gasteiger partial charge in [-0.2, -0.15) is 13.2 Å². The van der Waals surface area contributed by atoms with Crippen LogP contribution in [0.2, 0.25) is 0 Å². The molecule has 1 unspecified atom stereocenters. The summed E-state index contributed by atoms with van der Waals surface area (Å²) in [7, 11) is 0. The summed E-state index contributed by atoms with van der Waals surface area (Å²) in [6, 6.07) is 5.80.